The Bertz CT molecular complexity index is 477. The Labute approximate surface area is 115 Å². The maximum absolute atomic E-state index is 12.2. The van der Waals surface area contributed by atoms with E-state index in [0.717, 1.165) is 10.2 Å². The maximum Gasteiger partial charge on any atom is 0.228 e. The molecule has 1 aromatic carbocycles. The van der Waals surface area contributed by atoms with E-state index in [1.807, 2.05) is 12.1 Å². The summed E-state index contributed by atoms with van der Waals surface area (Å²) in [6, 6.07) is 5.54. The summed E-state index contributed by atoms with van der Waals surface area (Å²) in [7, 11) is 0. The SMILES string of the molecule is Nc1cc(NC(=O)C2C3CCCCC32)ccc1Br. The van der Waals surface area contributed by atoms with E-state index in [-0.39, 0.29) is 11.8 Å². The summed E-state index contributed by atoms with van der Waals surface area (Å²) in [6.45, 7) is 0. The molecule has 3 rings (SSSR count). The lowest BCUT2D eigenvalue weighted by Gasteiger charge is -2.06. The van der Waals surface area contributed by atoms with Crippen LogP contribution >= 0.6 is 15.9 Å². The van der Waals surface area contributed by atoms with Gasteiger partial charge in [-0.15, -0.1) is 0 Å². The van der Waals surface area contributed by atoms with E-state index in [9.17, 15) is 4.79 Å². The van der Waals surface area contributed by atoms with Gasteiger partial charge >= 0.3 is 0 Å². The Hall–Kier alpha value is -1.03. The molecule has 0 heterocycles. The molecule has 4 heteroatoms. The molecule has 2 saturated carbocycles. The van der Waals surface area contributed by atoms with E-state index in [1.165, 1.54) is 25.7 Å². The fraction of sp³-hybridized carbons (Fsp3) is 0.500. The van der Waals surface area contributed by atoms with Crippen molar-refractivity contribution in [2.24, 2.45) is 17.8 Å². The molecular weight excluding hydrogens is 292 g/mol. The monoisotopic (exact) mass is 308 g/mol. The standard InChI is InChI=1S/C14H17BrN2O/c15-11-6-5-8(7-12(11)16)17-14(18)13-9-3-1-2-4-10(9)13/h5-7,9-10,13H,1-4,16H2,(H,17,18). The van der Waals surface area contributed by atoms with Gasteiger partial charge in [-0.05, 0) is 58.8 Å². The minimum atomic E-state index is 0.175. The maximum atomic E-state index is 12.2. The van der Waals surface area contributed by atoms with Crippen molar-refractivity contribution < 1.29 is 4.79 Å². The predicted molar refractivity (Wildman–Crippen MR) is 76.1 cm³/mol. The lowest BCUT2D eigenvalue weighted by Crippen LogP contribution is -2.15. The van der Waals surface area contributed by atoms with Gasteiger partial charge in [0.25, 0.3) is 0 Å². The highest BCUT2D eigenvalue weighted by Gasteiger charge is 2.54. The summed E-state index contributed by atoms with van der Waals surface area (Å²) in [4.78, 5) is 12.2. The molecular formula is C14H17BrN2O. The van der Waals surface area contributed by atoms with Crippen molar-refractivity contribution in [3.63, 3.8) is 0 Å². The molecule has 0 bridgehead atoms. The number of carbonyl (C=O) groups excluding carboxylic acids is 1. The first kappa shape index (κ1) is 12.0. The van der Waals surface area contributed by atoms with E-state index >= 15 is 0 Å². The van der Waals surface area contributed by atoms with Gasteiger partial charge < -0.3 is 11.1 Å². The van der Waals surface area contributed by atoms with Gasteiger partial charge in [-0.2, -0.15) is 0 Å². The Kier molecular flexibility index (Phi) is 3.06. The molecule has 2 aliphatic rings. The molecule has 1 aromatic rings. The fourth-order valence-corrected chi connectivity index (χ4v) is 3.47. The van der Waals surface area contributed by atoms with Crippen molar-refractivity contribution in [2.75, 3.05) is 11.1 Å². The van der Waals surface area contributed by atoms with Gasteiger partial charge in [0, 0.05) is 21.8 Å². The average Bonchev–Trinajstić information content (AvgIpc) is 3.08. The second kappa shape index (κ2) is 4.57. The Morgan fingerprint density at radius 2 is 1.94 bits per heavy atom. The Morgan fingerprint density at radius 1 is 1.28 bits per heavy atom. The Balaban J connectivity index is 1.66. The number of hydrogen-bond acceptors (Lipinski definition) is 2. The van der Waals surface area contributed by atoms with Crippen LogP contribution in [0.4, 0.5) is 11.4 Å². The van der Waals surface area contributed by atoms with Gasteiger partial charge in [-0.3, -0.25) is 4.79 Å². The predicted octanol–water partition coefficient (Wildman–Crippen LogP) is 3.41. The van der Waals surface area contributed by atoms with E-state index in [0.29, 0.717) is 17.5 Å². The number of nitrogens with one attached hydrogen (secondary N) is 1. The Morgan fingerprint density at radius 3 is 2.56 bits per heavy atom. The number of halogens is 1. The minimum Gasteiger partial charge on any atom is -0.398 e. The van der Waals surface area contributed by atoms with E-state index in [1.54, 1.807) is 6.07 Å². The fourth-order valence-electron chi connectivity index (χ4n) is 3.23. The van der Waals surface area contributed by atoms with Crippen LogP contribution in [-0.4, -0.2) is 5.91 Å². The molecule has 0 aromatic heterocycles. The zero-order valence-corrected chi connectivity index (χ0v) is 11.7. The van der Waals surface area contributed by atoms with Crippen LogP contribution in [0.25, 0.3) is 0 Å². The molecule has 2 aliphatic carbocycles. The lowest BCUT2D eigenvalue weighted by molar-refractivity contribution is -0.117. The molecule has 18 heavy (non-hydrogen) atoms. The summed E-state index contributed by atoms with van der Waals surface area (Å²) in [5.74, 6) is 1.71. The molecule has 2 atom stereocenters. The zero-order chi connectivity index (χ0) is 12.7. The first-order valence-corrected chi connectivity index (χ1v) is 7.32. The average molecular weight is 309 g/mol. The van der Waals surface area contributed by atoms with Crippen LogP contribution in [0.15, 0.2) is 22.7 Å². The van der Waals surface area contributed by atoms with Crippen molar-refractivity contribution >= 4 is 33.2 Å². The summed E-state index contributed by atoms with van der Waals surface area (Å²) >= 11 is 3.35. The van der Waals surface area contributed by atoms with Crippen LogP contribution in [0.5, 0.6) is 0 Å². The van der Waals surface area contributed by atoms with Crippen LogP contribution in [0.2, 0.25) is 0 Å². The number of amides is 1. The van der Waals surface area contributed by atoms with Crippen molar-refractivity contribution in [1.29, 1.82) is 0 Å². The third-order valence-electron chi connectivity index (χ3n) is 4.22. The van der Waals surface area contributed by atoms with Gasteiger partial charge in [-0.25, -0.2) is 0 Å². The van der Waals surface area contributed by atoms with Crippen molar-refractivity contribution in [3.8, 4) is 0 Å². The van der Waals surface area contributed by atoms with Crippen molar-refractivity contribution in [3.05, 3.63) is 22.7 Å². The summed E-state index contributed by atoms with van der Waals surface area (Å²) < 4.78 is 0.862. The third kappa shape index (κ3) is 2.14. The minimum absolute atomic E-state index is 0.175. The van der Waals surface area contributed by atoms with E-state index in [2.05, 4.69) is 21.2 Å². The van der Waals surface area contributed by atoms with Crippen LogP contribution in [-0.2, 0) is 4.79 Å². The number of nitrogen functional groups attached to an aromatic ring is 1. The molecule has 0 spiro atoms. The molecule has 1 amide bonds. The normalized spacial score (nSPS) is 29.5. The molecule has 2 unspecified atom stereocenters. The topological polar surface area (TPSA) is 55.1 Å². The molecule has 2 fully saturated rings. The largest absolute Gasteiger partial charge is 0.398 e. The molecule has 3 nitrogen and oxygen atoms in total. The molecule has 0 saturated heterocycles. The number of rotatable bonds is 2. The quantitative estimate of drug-likeness (QED) is 0.823. The number of nitrogens with two attached hydrogens (primary N) is 1. The van der Waals surface area contributed by atoms with Gasteiger partial charge in [-0.1, -0.05) is 12.8 Å². The van der Waals surface area contributed by atoms with Gasteiger partial charge in [0.2, 0.25) is 5.91 Å². The van der Waals surface area contributed by atoms with Crippen LogP contribution in [0.3, 0.4) is 0 Å². The number of fused-ring (bicyclic) bond motifs is 1. The summed E-state index contributed by atoms with van der Waals surface area (Å²) in [6.07, 6.45) is 5.03. The van der Waals surface area contributed by atoms with Crippen LogP contribution < -0.4 is 11.1 Å². The number of benzene rings is 1. The van der Waals surface area contributed by atoms with Crippen molar-refractivity contribution in [2.45, 2.75) is 25.7 Å². The van der Waals surface area contributed by atoms with E-state index < -0.39 is 0 Å². The molecule has 96 valence electrons. The molecule has 0 aliphatic heterocycles. The highest BCUT2D eigenvalue weighted by Crippen LogP contribution is 2.55. The highest BCUT2D eigenvalue weighted by atomic mass is 79.9. The summed E-state index contributed by atoms with van der Waals surface area (Å²) in [5, 5.41) is 2.99. The number of carbonyl (C=O) groups is 1. The second-order valence-electron chi connectivity index (χ2n) is 5.36. The van der Waals surface area contributed by atoms with Gasteiger partial charge in [0.05, 0.1) is 0 Å². The third-order valence-corrected chi connectivity index (χ3v) is 4.94. The number of hydrogen-bond donors (Lipinski definition) is 2. The van der Waals surface area contributed by atoms with Crippen LogP contribution in [0, 0.1) is 17.8 Å². The lowest BCUT2D eigenvalue weighted by atomic mass is 10.0. The van der Waals surface area contributed by atoms with Gasteiger partial charge in [0.1, 0.15) is 0 Å². The van der Waals surface area contributed by atoms with Crippen LogP contribution in [0.1, 0.15) is 25.7 Å². The highest BCUT2D eigenvalue weighted by molar-refractivity contribution is 9.10. The first-order valence-electron chi connectivity index (χ1n) is 6.52. The smallest absolute Gasteiger partial charge is 0.228 e. The van der Waals surface area contributed by atoms with Gasteiger partial charge in [0.15, 0.2) is 0 Å². The molecule has 0 radical (unpaired) electrons. The zero-order valence-electron chi connectivity index (χ0n) is 10.2. The van der Waals surface area contributed by atoms with Crippen molar-refractivity contribution in [1.82, 2.24) is 0 Å². The first-order chi connectivity index (χ1) is 8.66. The molecule has 3 N–H and O–H groups in total. The van der Waals surface area contributed by atoms with E-state index in [4.69, 9.17) is 5.73 Å². The second-order valence-corrected chi connectivity index (χ2v) is 6.22. The number of anilines is 2. The summed E-state index contributed by atoms with van der Waals surface area (Å²) in [5.41, 5.74) is 7.26.